The molecule has 3 aromatic rings. The van der Waals surface area contributed by atoms with Gasteiger partial charge in [0.25, 0.3) is 5.56 Å². The Hall–Kier alpha value is -2.88. The molecular formula is C17H15F2N5O2S. The van der Waals surface area contributed by atoms with Gasteiger partial charge in [-0.15, -0.1) is 0 Å². The number of rotatable bonds is 4. The molecule has 1 saturated heterocycles. The summed E-state index contributed by atoms with van der Waals surface area (Å²) in [6.45, 7) is 1.47. The Morgan fingerprint density at radius 3 is 2.78 bits per heavy atom. The van der Waals surface area contributed by atoms with E-state index in [9.17, 15) is 18.4 Å². The normalized spacial score (nSPS) is 14.1. The number of nitrogens with zero attached hydrogens (tertiary/aromatic N) is 4. The van der Waals surface area contributed by atoms with Crippen LogP contribution in [0.4, 0.5) is 19.6 Å². The second-order valence-corrected chi connectivity index (χ2v) is 7.17. The molecule has 10 heteroatoms. The Balaban J connectivity index is 1.55. The summed E-state index contributed by atoms with van der Waals surface area (Å²) in [5.74, 6) is -2.25. The lowest BCUT2D eigenvalue weighted by atomic mass is 10.3. The van der Waals surface area contributed by atoms with Crippen molar-refractivity contribution in [3.8, 4) is 0 Å². The molecule has 1 aliphatic heterocycles. The van der Waals surface area contributed by atoms with Gasteiger partial charge in [0.2, 0.25) is 5.91 Å². The van der Waals surface area contributed by atoms with Crippen molar-refractivity contribution in [1.29, 1.82) is 0 Å². The van der Waals surface area contributed by atoms with Crippen LogP contribution in [-0.4, -0.2) is 33.5 Å². The zero-order valence-corrected chi connectivity index (χ0v) is 14.9. The molecule has 1 N–H and O–H groups in total. The Bertz CT molecular complexity index is 1070. The topological polar surface area (TPSA) is 80.1 Å². The monoisotopic (exact) mass is 391 g/mol. The van der Waals surface area contributed by atoms with Gasteiger partial charge in [-0.2, -0.15) is 4.98 Å². The lowest BCUT2D eigenvalue weighted by Gasteiger charge is -2.11. The first kappa shape index (κ1) is 17.5. The lowest BCUT2D eigenvalue weighted by Crippen LogP contribution is -2.27. The van der Waals surface area contributed by atoms with Gasteiger partial charge in [-0.1, -0.05) is 11.3 Å². The Kier molecular flexibility index (Phi) is 4.56. The summed E-state index contributed by atoms with van der Waals surface area (Å²) < 4.78 is 28.1. The van der Waals surface area contributed by atoms with Gasteiger partial charge in [-0.25, -0.2) is 13.8 Å². The van der Waals surface area contributed by atoms with Crippen molar-refractivity contribution in [2.75, 3.05) is 23.3 Å². The molecule has 0 radical (unpaired) electrons. The van der Waals surface area contributed by atoms with Crippen LogP contribution in [0.5, 0.6) is 0 Å². The molecule has 0 spiro atoms. The highest BCUT2D eigenvalue weighted by atomic mass is 32.1. The van der Waals surface area contributed by atoms with Gasteiger partial charge in [0.05, 0.1) is 5.69 Å². The van der Waals surface area contributed by atoms with Crippen LogP contribution in [0.3, 0.4) is 0 Å². The summed E-state index contributed by atoms with van der Waals surface area (Å²) in [6.07, 6.45) is 3.43. The predicted molar refractivity (Wildman–Crippen MR) is 98.1 cm³/mol. The minimum Gasteiger partial charge on any atom is -0.348 e. The Morgan fingerprint density at radius 1 is 1.26 bits per heavy atom. The molecule has 0 atom stereocenters. The number of carbonyl (C=O) groups is 1. The van der Waals surface area contributed by atoms with Crippen molar-refractivity contribution in [3.05, 3.63) is 46.5 Å². The van der Waals surface area contributed by atoms with Crippen molar-refractivity contribution in [2.24, 2.45) is 0 Å². The molecule has 1 aromatic carbocycles. The summed E-state index contributed by atoms with van der Waals surface area (Å²) in [5.41, 5.74) is -0.177. The number of benzene rings is 1. The molecule has 27 heavy (non-hydrogen) atoms. The maximum Gasteiger partial charge on any atom is 0.273 e. The average Bonchev–Trinajstić information content (AvgIpc) is 3.29. The van der Waals surface area contributed by atoms with E-state index >= 15 is 0 Å². The van der Waals surface area contributed by atoms with Crippen molar-refractivity contribution < 1.29 is 13.6 Å². The number of hydrogen-bond donors (Lipinski definition) is 1. The first-order valence-electron chi connectivity index (χ1n) is 8.37. The van der Waals surface area contributed by atoms with E-state index in [0.29, 0.717) is 16.4 Å². The zero-order valence-electron chi connectivity index (χ0n) is 14.1. The fourth-order valence-corrected chi connectivity index (χ4v) is 3.95. The highest BCUT2D eigenvalue weighted by molar-refractivity contribution is 7.22. The lowest BCUT2D eigenvalue weighted by molar-refractivity contribution is -0.116. The summed E-state index contributed by atoms with van der Waals surface area (Å²) in [7, 11) is 0. The summed E-state index contributed by atoms with van der Waals surface area (Å²) in [5, 5.41) is 3.08. The fraction of sp³-hybridized carbons (Fsp3) is 0.294. The van der Waals surface area contributed by atoms with E-state index in [2.05, 4.69) is 20.2 Å². The quantitative estimate of drug-likeness (QED) is 0.739. The van der Waals surface area contributed by atoms with Gasteiger partial charge in [0, 0.05) is 19.2 Å². The van der Waals surface area contributed by atoms with Crippen molar-refractivity contribution in [3.63, 3.8) is 0 Å². The van der Waals surface area contributed by atoms with Crippen LogP contribution in [-0.2, 0) is 11.3 Å². The van der Waals surface area contributed by atoms with Crippen molar-refractivity contribution in [1.82, 2.24) is 14.5 Å². The number of hydrogen-bond acceptors (Lipinski definition) is 6. The fourth-order valence-electron chi connectivity index (χ4n) is 2.93. The SMILES string of the molecule is O=C(Cn1cnc2nc(N3CCCC3)sc2c1=O)Nc1ccc(F)cc1F. The molecule has 0 saturated carbocycles. The van der Waals surface area contributed by atoms with Crippen molar-refractivity contribution in [2.45, 2.75) is 19.4 Å². The maximum atomic E-state index is 13.6. The molecule has 3 heterocycles. The van der Waals surface area contributed by atoms with Crippen LogP contribution in [0, 0.1) is 11.6 Å². The van der Waals surface area contributed by atoms with Gasteiger partial charge < -0.3 is 10.2 Å². The minimum atomic E-state index is -0.887. The maximum absolute atomic E-state index is 13.6. The van der Waals surface area contributed by atoms with E-state index < -0.39 is 17.5 Å². The third-order valence-electron chi connectivity index (χ3n) is 4.27. The number of thiazole rings is 1. The van der Waals surface area contributed by atoms with E-state index in [4.69, 9.17) is 0 Å². The van der Waals surface area contributed by atoms with E-state index in [1.165, 1.54) is 17.7 Å². The standard InChI is InChI=1S/C17H15F2N5O2S/c18-10-3-4-12(11(19)7-10)21-13(25)8-24-9-20-15-14(16(24)26)27-17(22-15)23-5-1-2-6-23/h3-4,7,9H,1-2,5-6,8H2,(H,21,25). The van der Waals surface area contributed by atoms with E-state index in [1.54, 1.807) is 0 Å². The third-order valence-corrected chi connectivity index (χ3v) is 5.36. The third kappa shape index (κ3) is 3.52. The number of nitrogens with one attached hydrogen (secondary N) is 1. The van der Waals surface area contributed by atoms with Gasteiger partial charge in [0.15, 0.2) is 10.8 Å². The Morgan fingerprint density at radius 2 is 2.04 bits per heavy atom. The highest BCUT2D eigenvalue weighted by Gasteiger charge is 2.19. The second kappa shape index (κ2) is 7.03. The van der Waals surface area contributed by atoms with Gasteiger partial charge in [-0.05, 0) is 25.0 Å². The van der Waals surface area contributed by atoms with Crippen LogP contribution in [0.15, 0.2) is 29.3 Å². The van der Waals surface area contributed by atoms with Crippen LogP contribution in [0.1, 0.15) is 12.8 Å². The molecular weight excluding hydrogens is 376 g/mol. The van der Waals surface area contributed by atoms with E-state index in [1.807, 2.05) is 0 Å². The number of carbonyl (C=O) groups excluding carboxylic acids is 1. The van der Waals surface area contributed by atoms with Gasteiger partial charge in [0.1, 0.15) is 29.2 Å². The van der Waals surface area contributed by atoms with Gasteiger partial charge in [-0.3, -0.25) is 14.2 Å². The van der Waals surface area contributed by atoms with Crippen LogP contribution < -0.4 is 15.8 Å². The first-order valence-corrected chi connectivity index (χ1v) is 9.19. The molecule has 0 aliphatic carbocycles. The molecule has 1 aliphatic rings. The molecule has 1 fully saturated rings. The first-order chi connectivity index (χ1) is 13.0. The smallest absolute Gasteiger partial charge is 0.273 e. The van der Waals surface area contributed by atoms with E-state index in [-0.39, 0.29) is 17.8 Å². The van der Waals surface area contributed by atoms with Gasteiger partial charge >= 0.3 is 0 Å². The number of halogens is 2. The number of amides is 1. The van der Waals surface area contributed by atoms with Crippen molar-refractivity contribution >= 4 is 38.4 Å². The molecule has 0 unspecified atom stereocenters. The van der Waals surface area contributed by atoms with Crippen LogP contribution in [0.25, 0.3) is 10.3 Å². The number of fused-ring (bicyclic) bond motifs is 1. The highest BCUT2D eigenvalue weighted by Crippen LogP contribution is 2.27. The van der Waals surface area contributed by atoms with Crippen LogP contribution >= 0.6 is 11.3 Å². The largest absolute Gasteiger partial charge is 0.348 e. The molecule has 1 amide bonds. The number of aromatic nitrogens is 3. The summed E-state index contributed by atoms with van der Waals surface area (Å²) >= 11 is 1.26. The second-order valence-electron chi connectivity index (χ2n) is 6.19. The van der Waals surface area contributed by atoms with E-state index in [0.717, 1.165) is 47.8 Å². The molecule has 7 nitrogen and oxygen atoms in total. The summed E-state index contributed by atoms with van der Waals surface area (Å²) in [6, 6.07) is 2.83. The van der Waals surface area contributed by atoms with Crippen LogP contribution in [0.2, 0.25) is 0 Å². The predicted octanol–water partition coefficient (Wildman–Crippen LogP) is 2.37. The molecule has 2 aromatic heterocycles. The average molecular weight is 391 g/mol. The molecule has 4 rings (SSSR count). The molecule has 140 valence electrons. The number of anilines is 2. The Labute approximate surface area is 156 Å². The summed E-state index contributed by atoms with van der Waals surface area (Å²) in [4.78, 5) is 35.4. The minimum absolute atomic E-state index is 0.155. The molecule has 0 bridgehead atoms. The zero-order chi connectivity index (χ0) is 19.0.